The SMILES string of the molecule is Nc1cccc(S(N)(=O)=O)c1CC(F)(F)F. The molecule has 0 atom stereocenters. The van der Waals surface area contributed by atoms with Gasteiger partial charge in [-0.3, -0.25) is 0 Å². The number of nitrogen functional groups attached to an aromatic ring is 1. The molecule has 0 amide bonds. The van der Waals surface area contributed by atoms with Gasteiger partial charge in [-0.2, -0.15) is 13.2 Å². The van der Waals surface area contributed by atoms with E-state index in [0.29, 0.717) is 0 Å². The monoisotopic (exact) mass is 254 g/mol. The molecule has 4 N–H and O–H groups in total. The summed E-state index contributed by atoms with van der Waals surface area (Å²) in [4.78, 5) is -0.593. The van der Waals surface area contributed by atoms with Gasteiger partial charge in [-0.1, -0.05) is 6.07 Å². The van der Waals surface area contributed by atoms with E-state index < -0.39 is 33.1 Å². The molecule has 0 aliphatic carbocycles. The van der Waals surface area contributed by atoms with Crippen molar-refractivity contribution in [1.82, 2.24) is 0 Å². The largest absolute Gasteiger partial charge is 0.398 e. The average molecular weight is 254 g/mol. The number of alkyl halides is 3. The maximum atomic E-state index is 12.2. The van der Waals surface area contributed by atoms with Gasteiger partial charge in [-0.25, -0.2) is 13.6 Å². The van der Waals surface area contributed by atoms with Crippen LogP contribution in [0.4, 0.5) is 18.9 Å². The van der Waals surface area contributed by atoms with Crippen LogP contribution in [-0.2, 0) is 16.4 Å². The third-order valence-corrected chi connectivity index (χ3v) is 2.85. The number of anilines is 1. The molecule has 0 unspecified atom stereocenters. The highest BCUT2D eigenvalue weighted by atomic mass is 32.2. The first-order valence-corrected chi connectivity index (χ1v) is 5.63. The highest BCUT2D eigenvalue weighted by Gasteiger charge is 2.31. The highest BCUT2D eigenvalue weighted by molar-refractivity contribution is 7.89. The van der Waals surface area contributed by atoms with Crippen molar-refractivity contribution in [2.24, 2.45) is 5.14 Å². The van der Waals surface area contributed by atoms with Crippen molar-refractivity contribution in [2.45, 2.75) is 17.5 Å². The predicted octanol–water partition coefficient (Wildman–Crippen LogP) is 1.02. The first-order chi connectivity index (χ1) is 7.11. The highest BCUT2D eigenvalue weighted by Crippen LogP contribution is 2.29. The van der Waals surface area contributed by atoms with Gasteiger partial charge in [0.1, 0.15) is 0 Å². The number of nitrogens with two attached hydrogens (primary N) is 2. The second-order valence-corrected chi connectivity index (χ2v) is 4.69. The molecule has 1 aromatic carbocycles. The van der Waals surface area contributed by atoms with E-state index in [9.17, 15) is 21.6 Å². The van der Waals surface area contributed by atoms with Crippen molar-refractivity contribution < 1.29 is 21.6 Å². The first-order valence-electron chi connectivity index (χ1n) is 4.08. The smallest absolute Gasteiger partial charge is 0.393 e. The number of rotatable bonds is 2. The number of hydrogen-bond acceptors (Lipinski definition) is 3. The lowest BCUT2D eigenvalue weighted by Crippen LogP contribution is -2.20. The summed E-state index contributed by atoms with van der Waals surface area (Å²) in [6.45, 7) is 0. The summed E-state index contributed by atoms with van der Waals surface area (Å²) in [5, 5.41) is 4.79. The molecular formula is C8H9F3N2O2S. The molecule has 0 spiro atoms. The van der Waals surface area contributed by atoms with Crippen LogP contribution in [0.15, 0.2) is 23.1 Å². The van der Waals surface area contributed by atoms with Gasteiger partial charge in [-0.15, -0.1) is 0 Å². The van der Waals surface area contributed by atoms with Crippen LogP contribution in [0.25, 0.3) is 0 Å². The number of hydrogen-bond donors (Lipinski definition) is 2. The Morgan fingerprint density at radius 1 is 1.25 bits per heavy atom. The van der Waals surface area contributed by atoms with Gasteiger partial charge in [0.25, 0.3) is 0 Å². The lowest BCUT2D eigenvalue weighted by molar-refractivity contribution is -0.127. The standard InChI is InChI=1S/C8H9F3N2O2S/c9-8(10,11)4-5-6(12)2-1-3-7(5)16(13,14)15/h1-3H,4,12H2,(H2,13,14,15). The second-order valence-electron chi connectivity index (χ2n) is 3.16. The fraction of sp³-hybridized carbons (Fsp3) is 0.250. The van der Waals surface area contributed by atoms with Crippen molar-refractivity contribution in [2.75, 3.05) is 5.73 Å². The van der Waals surface area contributed by atoms with Crippen LogP contribution >= 0.6 is 0 Å². The molecule has 0 aromatic heterocycles. The zero-order valence-electron chi connectivity index (χ0n) is 7.95. The molecule has 0 aliphatic heterocycles. The topological polar surface area (TPSA) is 86.2 Å². The van der Waals surface area contributed by atoms with Crippen LogP contribution in [0.3, 0.4) is 0 Å². The summed E-state index contributed by atoms with van der Waals surface area (Å²) in [6, 6.07) is 3.41. The molecule has 16 heavy (non-hydrogen) atoms. The van der Waals surface area contributed by atoms with Gasteiger partial charge in [0, 0.05) is 11.3 Å². The van der Waals surface area contributed by atoms with E-state index in [-0.39, 0.29) is 5.69 Å². The van der Waals surface area contributed by atoms with Crippen LogP contribution in [0, 0.1) is 0 Å². The Balaban J connectivity index is 3.36. The molecular weight excluding hydrogens is 245 g/mol. The summed E-state index contributed by atoms with van der Waals surface area (Å²) in [7, 11) is -4.21. The molecule has 0 radical (unpaired) electrons. The fourth-order valence-electron chi connectivity index (χ4n) is 1.24. The van der Waals surface area contributed by atoms with Crippen molar-refractivity contribution in [3.05, 3.63) is 23.8 Å². The van der Waals surface area contributed by atoms with Crippen molar-refractivity contribution >= 4 is 15.7 Å². The molecule has 0 saturated heterocycles. The Morgan fingerprint density at radius 2 is 1.81 bits per heavy atom. The molecule has 8 heteroatoms. The minimum absolute atomic E-state index is 0.246. The van der Waals surface area contributed by atoms with Gasteiger partial charge in [-0.05, 0) is 12.1 Å². The quantitative estimate of drug-likeness (QED) is 0.772. The molecule has 0 aliphatic rings. The van der Waals surface area contributed by atoms with Crippen molar-refractivity contribution in [3.63, 3.8) is 0 Å². The Labute approximate surface area is 90.1 Å². The maximum Gasteiger partial charge on any atom is 0.393 e. The molecule has 90 valence electrons. The third-order valence-electron chi connectivity index (χ3n) is 1.85. The van der Waals surface area contributed by atoms with E-state index in [1.165, 1.54) is 12.1 Å². The van der Waals surface area contributed by atoms with E-state index in [0.717, 1.165) is 6.07 Å². The lowest BCUT2D eigenvalue weighted by atomic mass is 10.1. The van der Waals surface area contributed by atoms with Crippen molar-refractivity contribution in [3.8, 4) is 0 Å². The predicted molar refractivity (Wildman–Crippen MR) is 52.0 cm³/mol. The summed E-state index contributed by atoms with van der Waals surface area (Å²) < 4.78 is 58.7. The normalized spacial score (nSPS) is 12.8. The molecule has 0 saturated carbocycles. The van der Waals surface area contributed by atoms with Crippen LogP contribution < -0.4 is 10.9 Å². The zero-order valence-corrected chi connectivity index (χ0v) is 8.77. The average Bonchev–Trinajstić information content (AvgIpc) is 2.04. The Bertz CT molecular complexity index is 496. The maximum absolute atomic E-state index is 12.2. The van der Waals surface area contributed by atoms with Gasteiger partial charge in [0.15, 0.2) is 0 Å². The minimum Gasteiger partial charge on any atom is -0.398 e. The molecule has 4 nitrogen and oxygen atoms in total. The molecule has 1 aromatic rings. The summed E-state index contributed by atoms with van der Waals surface area (Å²) >= 11 is 0. The van der Waals surface area contributed by atoms with Crippen LogP contribution in [0.5, 0.6) is 0 Å². The van der Waals surface area contributed by atoms with Gasteiger partial charge < -0.3 is 5.73 Å². The van der Waals surface area contributed by atoms with Crippen LogP contribution in [0.2, 0.25) is 0 Å². The van der Waals surface area contributed by atoms with E-state index in [1.54, 1.807) is 0 Å². The fourth-order valence-corrected chi connectivity index (χ4v) is 2.04. The van der Waals surface area contributed by atoms with Crippen LogP contribution in [0.1, 0.15) is 5.56 Å². The number of primary sulfonamides is 1. The van der Waals surface area contributed by atoms with E-state index in [2.05, 4.69) is 0 Å². The summed E-state index contributed by atoms with van der Waals surface area (Å²) in [5.74, 6) is 0. The van der Waals surface area contributed by atoms with E-state index >= 15 is 0 Å². The summed E-state index contributed by atoms with van der Waals surface area (Å²) in [5.41, 5.74) is 4.54. The first kappa shape index (κ1) is 12.8. The van der Waals surface area contributed by atoms with Crippen LogP contribution in [-0.4, -0.2) is 14.6 Å². The number of benzene rings is 1. The second kappa shape index (κ2) is 3.95. The van der Waals surface area contributed by atoms with E-state index in [1.807, 2.05) is 0 Å². The zero-order chi connectivity index (χ0) is 12.6. The Morgan fingerprint density at radius 3 is 2.25 bits per heavy atom. The number of halogens is 3. The molecule has 0 heterocycles. The van der Waals surface area contributed by atoms with Crippen molar-refractivity contribution in [1.29, 1.82) is 0 Å². The number of sulfonamides is 1. The van der Waals surface area contributed by atoms with Gasteiger partial charge in [0.05, 0.1) is 11.3 Å². The summed E-state index contributed by atoms with van der Waals surface area (Å²) in [6.07, 6.45) is -5.97. The Kier molecular flexibility index (Phi) is 3.15. The van der Waals surface area contributed by atoms with Gasteiger partial charge in [0.2, 0.25) is 10.0 Å². The van der Waals surface area contributed by atoms with Gasteiger partial charge >= 0.3 is 6.18 Å². The van der Waals surface area contributed by atoms with E-state index in [4.69, 9.17) is 10.9 Å². The third kappa shape index (κ3) is 3.11. The molecule has 0 bridgehead atoms. The lowest BCUT2D eigenvalue weighted by Gasteiger charge is -2.12. The molecule has 0 fully saturated rings. The Hall–Kier alpha value is -1.28. The molecule has 1 rings (SSSR count). The minimum atomic E-state index is -4.55.